The molecule has 2 fully saturated rings. The van der Waals surface area contributed by atoms with Gasteiger partial charge in [0.1, 0.15) is 0 Å². The van der Waals surface area contributed by atoms with Crippen LogP contribution in [0, 0.1) is 5.92 Å². The molecule has 0 spiro atoms. The monoisotopic (exact) mass is 315 g/mol. The summed E-state index contributed by atoms with van der Waals surface area (Å²) in [7, 11) is 0. The van der Waals surface area contributed by atoms with Crippen molar-refractivity contribution in [3.05, 3.63) is 30.1 Å². The maximum absolute atomic E-state index is 12.4. The van der Waals surface area contributed by atoms with Crippen LogP contribution in [0.5, 0.6) is 0 Å². The molecule has 2 aliphatic rings. The number of hydrogen-bond acceptors (Lipinski definition) is 3. The van der Waals surface area contributed by atoms with E-state index in [1.807, 2.05) is 9.80 Å². The number of aromatic nitrogens is 1. The zero-order valence-corrected chi connectivity index (χ0v) is 13.6. The predicted molar refractivity (Wildman–Crippen MR) is 87.9 cm³/mol. The molecule has 5 nitrogen and oxygen atoms in total. The second kappa shape index (κ2) is 7.57. The van der Waals surface area contributed by atoms with Crippen molar-refractivity contribution in [2.24, 2.45) is 5.92 Å². The van der Waals surface area contributed by atoms with Crippen molar-refractivity contribution in [2.75, 3.05) is 26.2 Å². The largest absolute Gasteiger partial charge is 0.339 e. The number of hydrogen-bond donors (Lipinski definition) is 0. The molecule has 0 radical (unpaired) electrons. The lowest BCUT2D eigenvalue weighted by molar-refractivity contribution is -0.133. The summed E-state index contributed by atoms with van der Waals surface area (Å²) in [5, 5.41) is 0. The third-order valence-corrected chi connectivity index (χ3v) is 5.02. The number of piperazine rings is 1. The fourth-order valence-electron chi connectivity index (χ4n) is 3.60. The van der Waals surface area contributed by atoms with E-state index < -0.39 is 0 Å². The molecule has 0 N–H and O–H groups in total. The molecule has 2 heterocycles. The zero-order valence-electron chi connectivity index (χ0n) is 13.6. The van der Waals surface area contributed by atoms with Crippen LogP contribution >= 0.6 is 0 Å². The van der Waals surface area contributed by atoms with Crippen molar-refractivity contribution in [3.8, 4) is 0 Å². The van der Waals surface area contributed by atoms with Gasteiger partial charge in [-0.25, -0.2) is 0 Å². The predicted octanol–water partition coefficient (Wildman–Crippen LogP) is 2.34. The van der Waals surface area contributed by atoms with Crippen LogP contribution in [-0.2, 0) is 4.79 Å². The van der Waals surface area contributed by atoms with Crippen molar-refractivity contribution in [2.45, 2.75) is 38.5 Å². The van der Waals surface area contributed by atoms with Crippen molar-refractivity contribution in [1.82, 2.24) is 14.8 Å². The number of amides is 2. The first-order chi connectivity index (χ1) is 11.2. The normalized spacial score (nSPS) is 19.7. The number of nitrogens with zero attached hydrogens (tertiary/aromatic N) is 3. The van der Waals surface area contributed by atoms with Gasteiger partial charge in [0.15, 0.2) is 0 Å². The molecule has 5 heteroatoms. The fraction of sp³-hybridized carbons (Fsp3) is 0.611. The van der Waals surface area contributed by atoms with Crippen molar-refractivity contribution < 1.29 is 9.59 Å². The molecular formula is C18H25N3O2. The molecule has 1 aliphatic heterocycles. The Hall–Kier alpha value is -1.91. The molecule has 0 unspecified atom stereocenters. The van der Waals surface area contributed by atoms with E-state index in [1.165, 1.54) is 32.1 Å². The maximum Gasteiger partial charge on any atom is 0.255 e. The maximum atomic E-state index is 12.4. The van der Waals surface area contributed by atoms with Crippen molar-refractivity contribution >= 4 is 11.8 Å². The average Bonchev–Trinajstić information content (AvgIpc) is 2.63. The van der Waals surface area contributed by atoms with Gasteiger partial charge < -0.3 is 9.80 Å². The highest BCUT2D eigenvalue weighted by atomic mass is 16.2. The van der Waals surface area contributed by atoms with E-state index in [-0.39, 0.29) is 11.8 Å². The minimum absolute atomic E-state index is 0.0116. The Bertz CT molecular complexity index is 532. The topological polar surface area (TPSA) is 53.5 Å². The molecule has 0 atom stereocenters. The Labute approximate surface area is 137 Å². The quantitative estimate of drug-likeness (QED) is 0.860. The Morgan fingerprint density at radius 3 is 2.39 bits per heavy atom. The Morgan fingerprint density at radius 1 is 1.04 bits per heavy atom. The first-order valence-corrected chi connectivity index (χ1v) is 8.71. The van der Waals surface area contributed by atoms with E-state index >= 15 is 0 Å². The molecule has 23 heavy (non-hydrogen) atoms. The summed E-state index contributed by atoms with van der Waals surface area (Å²) in [6, 6.07) is 3.56. The van der Waals surface area contributed by atoms with Gasteiger partial charge in [0.2, 0.25) is 5.91 Å². The van der Waals surface area contributed by atoms with Gasteiger partial charge in [-0.2, -0.15) is 0 Å². The molecular weight excluding hydrogens is 290 g/mol. The van der Waals surface area contributed by atoms with E-state index in [9.17, 15) is 9.59 Å². The third-order valence-electron chi connectivity index (χ3n) is 5.02. The third kappa shape index (κ3) is 4.09. The summed E-state index contributed by atoms with van der Waals surface area (Å²) in [6.07, 6.45) is 10.2. The van der Waals surface area contributed by atoms with Gasteiger partial charge in [-0.1, -0.05) is 19.3 Å². The summed E-state index contributed by atoms with van der Waals surface area (Å²) in [4.78, 5) is 32.6. The highest BCUT2D eigenvalue weighted by Crippen LogP contribution is 2.27. The van der Waals surface area contributed by atoms with E-state index in [1.54, 1.807) is 24.5 Å². The van der Waals surface area contributed by atoms with Crippen LogP contribution in [0.2, 0.25) is 0 Å². The van der Waals surface area contributed by atoms with Crippen LogP contribution in [0.3, 0.4) is 0 Å². The lowest BCUT2D eigenvalue weighted by atomic mass is 9.86. The molecule has 2 amide bonds. The Kier molecular flexibility index (Phi) is 5.26. The lowest BCUT2D eigenvalue weighted by Gasteiger charge is -2.35. The van der Waals surface area contributed by atoms with Crippen LogP contribution in [-0.4, -0.2) is 52.8 Å². The number of pyridine rings is 1. The molecule has 1 aliphatic carbocycles. The number of carbonyl (C=O) groups is 2. The highest BCUT2D eigenvalue weighted by molar-refractivity contribution is 5.94. The van der Waals surface area contributed by atoms with Crippen molar-refractivity contribution in [3.63, 3.8) is 0 Å². The van der Waals surface area contributed by atoms with E-state index in [2.05, 4.69) is 4.98 Å². The molecule has 1 aromatic heterocycles. The minimum atomic E-state index is 0.0116. The minimum Gasteiger partial charge on any atom is -0.339 e. The van der Waals surface area contributed by atoms with Gasteiger partial charge >= 0.3 is 0 Å². The molecule has 0 bridgehead atoms. The molecule has 1 saturated carbocycles. The van der Waals surface area contributed by atoms with Crippen LogP contribution in [0.25, 0.3) is 0 Å². The summed E-state index contributed by atoms with van der Waals surface area (Å²) >= 11 is 0. The van der Waals surface area contributed by atoms with Crippen molar-refractivity contribution in [1.29, 1.82) is 0 Å². The standard InChI is InChI=1S/C18H25N3O2/c22-17(13-15-5-2-1-3-6-15)20-9-11-21(12-10-20)18(23)16-7-4-8-19-14-16/h4,7-8,14-15H,1-3,5-6,9-13H2. The van der Waals surface area contributed by atoms with Gasteiger partial charge in [0, 0.05) is 45.0 Å². The zero-order chi connectivity index (χ0) is 16.1. The smallest absolute Gasteiger partial charge is 0.255 e. The highest BCUT2D eigenvalue weighted by Gasteiger charge is 2.26. The molecule has 1 saturated heterocycles. The summed E-state index contributed by atoms with van der Waals surface area (Å²) in [5.41, 5.74) is 0.620. The SMILES string of the molecule is O=C(CC1CCCCC1)N1CCN(C(=O)c2cccnc2)CC1. The Morgan fingerprint density at radius 2 is 1.74 bits per heavy atom. The molecule has 124 valence electrons. The molecule has 0 aromatic carbocycles. The Balaban J connectivity index is 1.48. The second-order valence-electron chi connectivity index (χ2n) is 6.62. The lowest BCUT2D eigenvalue weighted by Crippen LogP contribution is -2.50. The van der Waals surface area contributed by atoms with Gasteiger partial charge in [-0.05, 0) is 30.9 Å². The summed E-state index contributed by atoms with van der Waals surface area (Å²) in [6.45, 7) is 2.53. The van der Waals surface area contributed by atoms with E-state index in [4.69, 9.17) is 0 Å². The van der Waals surface area contributed by atoms with Gasteiger partial charge in [0.25, 0.3) is 5.91 Å². The molecule has 1 aromatic rings. The molecule has 3 rings (SSSR count). The first-order valence-electron chi connectivity index (χ1n) is 8.71. The van der Waals surface area contributed by atoms with E-state index in [0.717, 1.165) is 0 Å². The van der Waals surface area contributed by atoms with Crippen LogP contribution < -0.4 is 0 Å². The number of carbonyl (C=O) groups excluding carboxylic acids is 2. The number of rotatable bonds is 3. The van der Waals surface area contributed by atoms with Crippen LogP contribution in [0.1, 0.15) is 48.9 Å². The summed E-state index contributed by atoms with van der Waals surface area (Å²) in [5.74, 6) is 0.856. The average molecular weight is 315 g/mol. The van der Waals surface area contributed by atoms with Gasteiger partial charge in [0.05, 0.1) is 5.56 Å². The second-order valence-corrected chi connectivity index (χ2v) is 6.62. The van der Waals surface area contributed by atoms with Crippen LogP contribution in [0.4, 0.5) is 0 Å². The van der Waals surface area contributed by atoms with Gasteiger partial charge in [-0.15, -0.1) is 0 Å². The van der Waals surface area contributed by atoms with Crippen LogP contribution in [0.15, 0.2) is 24.5 Å². The fourth-order valence-corrected chi connectivity index (χ4v) is 3.60. The van der Waals surface area contributed by atoms with Gasteiger partial charge in [-0.3, -0.25) is 14.6 Å². The first kappa shape index (κ1) is 16.0. The summed E-state index contributed by atoms with van der Waals surface area (Å²) < 4.78 is 0. The van der Waals surface area contributed by atoms with E-state index in [0.29, 0.717) is 44.1 Å².